The molecular formula is C14H22N2O. The maximum Gasteiger partial charge on any atom is 0.118 e. The van der Waals surface area contributed by atoms with E-state index in [9.17, 15) is 0 Å². The van der Waals surface area contributed by atoms with Crippen LogP contribution in [0.1, 0.15) is 24.8 Å². The second kappa shape index (κ2) is 6.03. The van der Waals surface area contributed by atoms with E-state index in [4.69, 9.17) is 10.5 Å². The molecule has 0 bridgehead atoms. The Labute approximate surface area is 103 Å². The number of nitrogens with one attached hydrogen (secondary N) is 1. The van der Waals surface area contributed by atoms with E-state index in [1.54, 1.807) is 7.11 Å². The van der Waals surface area contributed by atoms with Gasteiger partial charge in [0.15, 0.2) is 0 Å². The van der Waals surface area contributed by atoms with Gasteiger partial charge in [0.25, 0.3) is 0 Å². The van der Waals surface area contributed by atoms with Crippen LogP contribution in [0.4, 0.5) is 0 Å². The van der Waals surface area contributed by atoms with Crippen LogP contribution in [-0.4, -0.2) is 25.7 Å². The number of nitrogens with two attached hydrogens (primary N) is 1. The molecule has 1 saturated carbocycles. The Morgan fingerprint density at radius 2 is 2.06 bits per heavy atom. The van der Waals surface area contributed by atoms with Crippen molar-refractivity contribution in [1.82, 2.24) is 5.32 Å². The Bertz CT molecular complexity index is 337. The van der Waals surface area contributed by atoms with Crippen LogP contribution in [0.15, 0.2) is 24.3 Å². The molecule has 1 aromatic rings. The lowest BCUT2D eigenvalue weighted by atomic mass is 10.1. The summed E-state index contributed by atoms with van der Waals surface area (Å²) in [6.07, 6.45) is 4.71. The maximum atomic E-state index is 6.02. The molecule has 0 heterocycles. The van der Waals surface area contributed by atoms with Crippen LogP contribution in [0, 0.1) is 0 Å². The van der Waals surface area contributed by atoms with E-state index < -0.39 is 0 Å². The number of hydrogen-bond donors (Lipinski definition) is 2. The highest BCUT2D eigenvalue weighted by Gasteiger charge is 2.22. The van der Waals surface area contributed by atoms with Crippen LogP contribution in [0.2, 0.25) is 0 Å². The van der Waals surface area contributed by atoms with Crippen LogP contribution in [0.25, 0.3) is 0 Å². The van der Waals surface area contributed by atoms with Crippen LogP contribution >= 0.6 is 0 Å². The first-order valence-corrected chi connectivity index (χ1v) is 6.41. The topological polar surface area (TPSA) is 47.3 Å². The molecule has 0 amide bonds. The van der Waals surface area contributed by atoms with Crippen LogP contribution in [0.3, 0.4) is 0 Å². The van der Waals surface area contributed by atoms with Crippen LogP contribution in [0.5, 0.6) is 5.75 Å². The van der Waals surface area contributed by atoms with E-state index in [0.29, 0.717) is 12.1 Å². The van der Waals surface area contributed by atoms with Gasteiger partial charge in [0.2, 0.25) is 0 Å². The zero-order valence-electron chi connectivity index (χ0n) is 10.5. The van der Waals surface area contributed by atoms with Gasteiger partial charge in [0.1, 0.15) is 5.75 Å². The molecule has 17 heavy (non-hydrogen) atoms. The molecule has 3 nitrogen and oxygen atoms in total. The molecule has 0 aliphatic heterocycles. The second-order valence-corrected chi connectivity index (χ2v) is 4.75. The summed E-state index contributed by atoms with van der Waals surface area (Å²) >= 11 is 0. The number of methoxy groups -OCH3 is 1. The smallest absolute Gasteiger partial charge is 0.118 e. The Kier molecular flexibility index (Phi) is 4.40. The highest BCUT2D eigenvalue weighted by Crippen LogP contribution is 2.17. The summed E-state index contributed by atoms with van der Waals surface area (Å²) in [5.41, 5.74) is 7.36. The zero-order valence-corrected chi connectivity index (χ0v) is 10.5. The van der Waals surface area contributed by atoms with E-state index >= 15 is 0 Å². The third-order valence-corrected chi connectivity index (χ3v) is 3.55. The molecule has 94 valence electrons. The van der Waals surface area contributed by atoms with Crippen molar-refractivity contribution in [3.8, 4) is 5.75 Å². The molecule has 3 N–H and O–H groups in total. The number of ether oxygens (including phenoxy) is 1. The molecule has 1 aromatic carbocycles. The lowest BCUT2D eigenvalue weighted by molar-refractivity contribution is 0.414. The minimum absolute atomic E-state index is 0.353. The van der Waals surface area contributed by atoms with E-state index in [1.807, 2.05) is 12.1 Å². The lowest BCUT2D eigenvalue weighted by Gasteiger charge is -2.17. The molecule has 1 fully saturated rings. The third kappa shape index (κ3) is 3.45. The summed E-state index contributed by atoms with van der Waals surface area (Å²) in [4.78, 5) is 0. The van der Waals surface area contributed by atoms with Crippen molar-refractivity contribution in [2.24, 2.45) is 5.73 Å². The zero-order chi connectivity index (χ0) is 12.1. The van der Waals surface area contributed by atoms with Crippen molar-refractivity contribution < 1.29 is 4.74 Å². The van der Waals surface area contributed by atoms with Gasteiger partial charge in [-0.3, -0.25) is 0 Å². The molecule has 0 saturated heterocycles. The van der Waals surface area contributed by atoms with Gasteiger partial charge in [-0.15, -0.1) is 0 Å². The average Bonchev–Trinajstić information content (AvgIpc) is 2.76. The van der Waals surface area contributed by atoms with Gasteiger partial charge in [0, 0.05) is 12.1 Å². The van der Waals surface area contributed by atoms with Gasteiger partial charge in [-0.05, 0) is 43.5 Å². The Hall–Kier alpha value is -1.06. The predicted octanol–water partition coefficient (Wildman–Crippen LogP) is 1.71. The first-order chi connectivity index (χ1) is 8.29. The Morgan fingerprint density at radius 3 is 2.65 bits per heavy atom. The fourth-order valence-electron chi connectivity index (χ4n) is 2.44. The molecule has 3 heteroatoms. The summed E-state index contributed by atoms with van der Waals surface area (Å²) < 4.78 is 5.14. The first-order valence-electron chi connectivity index (χ1n) is 6.41. The highest BCUT2D eigenvalue weighted by atomic mass is 16.5. The summed E-state index contributed by atoms with van der Waals surface area (Å²) in [7, 11) is 1.69. The monoisotopic (exact) mass is 234 g/mol. The highest BCUT2D eigenvalue weighted by molar-refractivity contribution is 5.27. The SMILES string of the molecule is COc1ccc(CCN[C@H]2CCC[C@H]2N)cc1. The van der Waals surface area contributed by atoms with Crippen molar-refractivity contribution >= 4 is 0 Å². The van der Waals surface area contributed by atoms with Gasteiger partial charge < -0.3 is 15.8 Å². The molecule has 0 unspecified atom stereocenters. The van der Waals surface area contributed by atoms with Crippen LogP contribution < -0.4 is 15.8 Å². The maximum absolute atomic E-state index is 6.02. The average molecular weight is 234 g/mol. The van der Waals surface area contributed by atoms with Crippen molar-refractivity contribution in [2.45, 2.75) is 37.8 Å². The molecule has 2 atom stereocenters. The van der Waals surface area contributed by atoms with Gasteiger partial charge >= 0.3 is 0 Å². The summed E-state index contributed by atoms with van der Waals surface area (Å²) in [6, 6.07) is 9.14. The Balaban J connectivity index is 1.73. The third-order valence-electron chi connectivity index (χ3n) is 3.55. The molecule has 0 aromatic heterocycles. The second-order valence-electron chi connectivity index (χ2n) is 4.75. The molecule has 1 aliphatic carbocycles. The van der Waals surface area contributed by atoms with Gasteiger partial charge in [-0.1, -0.05) is 18.6 Å². The summed E-state index contributed by atoms with van der Waals surface area (Å²) in [6.45, 7) is 1.00. The molecule has 1 aliphatic rings. The number of rotatable bonds is 5. The minimum Gasteiger partial charge on any atom is -0.497 e. The van der Waals surface area contributed by atoms with E-state index in [1.165, 1.54) is 24.8 Å². The van der Waals surface area contributed by atoms with Crippen molar-refractivity contribution in [1.29, 1.82) is 0 Å². The van der Waals surface area contributed by atoms with Crippen molar-refractivity contribution in [3.63, 3.8) is 0 Å². The van der Waals surface area contributed by atoms with E-state index in [-0.39, 0.29) is 0 Å². The molecule has 2 rings (SSSR count). The quantitative estimate of drug-likeness (QED) is 0.815. The number of benzene rings is 1. The normalized spacial score (nSPS) is 23.9. The fourth-order valence-corrected chi connectivity index (χ4v) is 2.44. The first kappa shape index (κ1) is 12.4. The fraction of sp³-hybridized carbons (Fsp3) is 0.571. The molecule has 0 spiro atoms. The lowest BCUT2D eigenvalue weighted by Crippen LogP contribution is -2.41. The van der Waals surface area contributed by atoms with E-state index in [0.717, 1.165) is 18.7 Å². The van der Waals surface area contributed by atoms with Crippen LogP contribution in [-0.2, 0) is 6.42 Å². The minimum atomic E-state index is 0.353. The standard InChI is InChI=1S/C14H22N2O/c1-17-12-7-5-11(6-8-12)9-10-16-14-4-2-3-13(14)15/h5-8,13-14,16H,2-4,9-10,15H2,1H3/t13-,14+/m1/s1. The largest absolute Gasteiger partial charge is 0.497 e. The molecular weight excluding hydrogens is 212 g/mol. The van der Waals surface area contributed by atoms with Crippen molar-refractivity contribution in [2.75, 3.05) is 13.7 Å². The van der Waals surface area contributed by atoms with Crippen molar-refractivity contribution in [3.05, 3.63) is 29.8 Å². The summed E-state index contributed by atoms with van der Waals surface area (Å²) in [5, 5.41) is 3.55. The Morgan fingerprint density at radius 1 is 1.29 bits per heavy atom. The van der Waals surface area contributed by atoms with Gasteiger partial charge in [-0.25, -0.2) is 0 Å². The van der Waals surface area contributed by atoms with Gasteiger partial charge in [-0.2, -0.15) is 0 Å². The predicted molar refractivity (Wildman–Crippen MR) is 70.3 cm³/mol. The number of hydrogen-bond acceptors (Lipinski definition) is 3. The summed E-state index contributed by atoms with van der Waals surface area (Å²) in [5.74, 6) is 0.916. The molecule has 0 radical (unpaired) electrons. The van der Waals surface area contributed by atoms with Gasteiger partial charge in [0.05, 0.1) is 7.11 Å². The van der Waals surface area contributed by atoms with E-state index in [2.05, 4.69) is 17.4 Å².